The molecule has 1 saturated heterocycles. The van der Waals surface area contributed by atoms with Crippen molar-refractivity contribution >= 4 is 0 Å². The van der Waals surface area contributed by atoms with Crippen LogP contribution in [0.3, 0.4) is 0 Å². The van der Waals surface area contributed by atoms with Crippen LogP contribution >= 0.6 is 0 Å². The quantitative estimate of drug-likeness (QED) is 0.843. The summed E-state index contributed by atoms with van der Waals surface area (Å²) in [6, 6.07) is 6.47. The maximum Gasteiger partial charge on any atom is 0.122 e. The van der Waals surface area contributed by atoms with Gasteiger partial charge in [0.2, 0.25) is 0 Å². The minimum Gasteiger partial charge on any atom is -0.496 e. The fraction of sp³-hybridized carbons (Fsp3) is 0.571. The Hall–Kier alpha value is -1.06. The molecule has 3 heteroatoms. The summed E-state index contributed by atoms with van der Waals surface area (Å²) in [6.07, 6.45) is 1.05. The summed E-state index contributed by atoms with van der Waals surface area (Å²) in [6.45, 7) is 4.65. The molecule has 0 spiro atoms. The molecular formula is C14H21NO2. The zero-order valence-corrected chi connectivity index (χ0v) is 10.9. The van der Waals surface area contributed by atoms with Crippen molar-refractivity contribution in [3.05, 3.63) is 29.3 Å². The molecule has 0 saturated carbocycles. The Morgan fingerprint density at radius 2 is 2.18 bits per heavy atom. The highest BCUT2D eigenvalue weighted by molar-refractivity contribution is 5.44. The third kappa shape index (κ3) is 2.17. The van der Waals surface area contributed by atoms with Gasteiger partial charge in [0.05, 0.1) is 25.7 Å². The van der Waals surface area contributed by atoms with Crippen LogP contribution in [0.5, 0.6) is 5.75 Å². The van der Waals surface area contributed by atoms with Crippen LogP contribution in [0.4, 0.5) is 0 Å². The number of ether oxygens (including phenoxy) is 2. The first-order valence-electron chi connectivity index (χ1n) is 6.15. The van der Waals surface area contributed by atoms with Crippen molar-refractivity contribution in [3.63, 3.8) is 0 Å². The Bertz CT molecular complexity index is 386. The van der Waals surface area contributed by atoms with E-state index in [-0.39, 0.29) is 5.41 Å². The number of hydrogen-bond acceptors (Lipinski definition) is 3. The molecule has 1 aliphatic heterocycles. The monoisotopic (exact) mass is 235 g/mol. The Kier molecular flexibility index (Phi) is 3.69. The molecule has 1 heterocycles. The molecule has 2 rings (SSSR count). The van der Waals surface area contributed by atoms with Crippen molar-refractivity contribution in [2.24, 2.45) is 0 Å². The van der Waals surface area contributed by atoms with Gasteiger partial charge in [-0.2, -0.15) is 0 Å². The molecule has 0 aliphatic carbocycles. The SMILES string of the molecule is CCc1ccc(OC)c(C2(CNC)COC2)c1. The maximum atomic E-state index is 5.49. The number of hydrogen-bond donors (Lipinski definition) is 1. The molecular weight excluding hydrogens is 214 g/mol. The van der Waals surface area contributed by atoms with Crippen molar-refractivity contribution in [2.45, 2.75) is 18.8 Å². The van der Waals surface area contributed by atoms with Gasteiger partial charge in [-0.25, -0.2) is 0 Å². The lowest BCUT2D eigenvalue weighted by Gasteiger charge is -2.42. The van der Waals surface area contributed by atoms with Gasteiger partial charge in [0.25, 0.3) is 0 Å². The van der Waals surface area contributed by atoms with Gasteiger partial charge in [-0.3, -0.25) is 0 Å². The van der Waals surface area contributed by atoms with Crippen LogP contribution in [0.2, 0.25) is 0 Å². The van der Waals surface area contributed by atoms with Crippen molar-refractivity contribution in [2.75, 3.05) is 33.9 Å². The number of likely N-dealkylation sites (N-methyl/N-ethyl adjacent to an activating group) is 1. The van der Waals surface area contributed by atoms with Gasteiger partial charge in [-0.1, -0.05) is 19.1 Å². The molecule has 17 heavy (non-hydrogen) atoms. The highest BCUT2D eigenvalue weighted by Gasteiger charge is 2.41. The lowest BCUT2D eigenvalue weighted by Crippen LogP contribution is -2.53. The van der Waals surface area contributed by atoms with Gasteiger partial charge in [0.1, 0.15) is 5.75 Å². The minimum absolute atomic E-state index is 0.0886. The fourth-order valence-corrected chi connectivity index (χ4v) is 2.43. The van der Waals surface area contributed by atoms with Crippen molar-refractivity contribution in [1.82, 2.24) is 5.32 Å². The Labute approximate surface area is 103 Å². The second-order valence-corrected chi connectivity index (χ2v) is 4.69. The lowest BCUT2D eigenvalue weighted by molar-refractivity contribution is -0.0591. The summed E-state index contributed by atoms with van der Waals surface area (Å²) >= 11 is 0. The van der Waals surface area contributed by atoms with E-state index in [9.17, 15) is 0 Å². The highest BCUT2D eigenvalue weighted by Crippen LogP contribution is 2.38. The van der Waals surface area contributed by atoms with Crippen molar-refractivity contribution in [3.8, 4) is 5.75 Å². The number of methoxy groups -OCH3 is 1. The topological polar surface area (TPSA) is 30.5 Å². The van der Waals surface area contributed by atoms with Gasteiger partial charge < -0.3 is 14.8 Å². The van der Waals surface area contributed by atoms with Crippen LogP contribution in [0.1, 0.15) is 18.1 Å². The van der Waals surface area contributed by atoms with E-state index in [0.717, 1.165) is 31.9 Å². The molecule has 0 atom stereocenters. The Morgan fingerprint density at radius 3 is 2.65 bits per heavy atom. The highest BCUT2D eigenvalue weighted by atomic mass is 16.5. The van der Waals surface area contributed by atoms with Crippen LogP contribution in [-0.4, -0.2) is 33.9 Å². The number of aryl methyl sites for hydroxylation is 1. The first-order valence-corrected chi connectivity index (χ1v) is 6.15. The molecule has 1 aliphatic rings. The summed E-state index contributed by atoms with van der Waals surface area (Å²) in [5.41, 5.74) is 2.72. The van der Waals surface area contributed by atoms with Crippen LogP contribution in [0, 0.1) is 0 Å². The zero-order valence-electron chi connectivity index (χ0n) is 10.9. The summed E-state index contributed by atoms with van der Waals surface area (Å²) in [5, 5.41) is 3.26. The molecule has 3 nitrogen and oxygen atoms in total. The van der Waals surface area contributed by atoms with E-state index in [1.165, 1.54) is 11.1 Å². The smallest absolute Gasteiger partial charge is 0.122 e. The van der Waals surface area contributed by atoms with Gasteiger partial charge >= 0.3 is 0 Å². The molecule has 0 radical (unpaired) electrons. The minimum atomic E-state index is 0.0886. The van der Waals surface area contributed by atoms with E-state index >= 15 is 0 Å². The van der Waals surface area contributed by atoms with Crippen molar-refractivity contribution in [1.29, 1.82) is 0 Å². The molecule has 1 fully saturated rings. The molecule has 1 N–H and O–H groups in total. The predicted molar refractivity (Wildman–Crippen MR) is 68.8 cm³/mol. The zero-order chi connectivity index (χ0) is 12.3. The molecule has 0 amide bonds. The van der Waals surface area contributed by atoms with E-state index in [0.29, 0.717) is 0 Å². The van der Waals surface area contributed by atoms with Crippen LogP contribution in [-0.2, 0) is 16.6 Å². The van der Waals surface area contributed by atoms with E-state index in [4.69, 9.17) is 9.47 Å². The van der Waals surface area contributed by atoms with Crippen LogP contribution in [0.15, 0.2) is 18.2 Å². The first kappa shape index (κ1) is 12.4. The molecule has 0 aromatic heterocycles. The fourth-order valence-electron chi connectivity index (χ4n) is 2.43. The molecule has 0 unspecified atom stereocenters. The van der Waals surface area contributed by atoms with E-state index in [2.05, 4.69) is 30.4 Å². The average Bonchev–Trinajstić information content (AvgIpc) is 2.33. The summed E-state index contributed by atoms with van der Waals surface area (Å²) in [4.78, 5) is 0. The average molecular weight is 235 g/mol. The standard InChI is InChI=1S/C14H21NO2/c1-4-11-5-6-13(16-3)12(7-11)14(8-15-2)9-17-10-14/h5-7,15H,4,8-10H2,1-3H3. The number of benzene rings is 1. The Morgan fingerprint density at radius 1 is 1.41 bits per heavy atom. The third-order valence-electron chi connectivity index (χ3n) is 3.52. The van der Waals surface area contributed by atoms with Gasteiger partial charge in [0.15, 0.2) is 0 Å². The molecule has 0 bridgehead atoms. The summed E-state index contributed by atoms with van der Waals surface area (Å²) in [7, 11) is 3.72. The molecule has 1 aromatic rings. The number of nitrogens with one attached hydrogen (secondary N) is 1. The van der Waals surface area contributed by atoms with Gasteiger partial charge in [-0.05, 0) is 25.1 Å². The second-order valence-electron chi connectivity index (χ2n) is 4.69. The van der Waals surface area contributed by atoms with Crippen LogP contribution < -0.4 is 10.1 Å². The van der Waals surface area contributed by atoms with E-state index in [1.54, 1.807) is 7.11 Å². The van der Waals surface area contributed by atoms with Gasteiger partial charge in [-0.15, -0.1) is 0 Å². The van der Waals surface area contributed by atoms with E-state index in [1.807, 2.05) is 7.05 Å². The second kappa shape index (κ2) is 5.07. The first-order chi connectivity index (χ1) is 8.25. The van der Waals surface area contributed by atoms with Gasteiger partial charge in [0, 0.05) is 12.1 Å². The Balaban J connectivity index is 2.40. The molecule has 94 valence electrons. The molecule has 1 aromatic carbocycles. The van der Waals surface area contributed by atoms with E-state index < -0.39 is 0 Å². The largest absolute Gasteiger partial charge is 0.496 e. The maximum absolute atomic E-state index is 5.49. The number of rotatable bonds is 5. The normalized spacial score (nSPS) is 17.6. The van der Waals surface area contributed by atoms with Crippen molar-refractivity contribution < 1.29 is 9.47 Å². The summed E-state index contributed by atoms with van der Waals surface area (Å²) < 4.78 is 10.9. The summed E-state index contributed by atoms with van der Waals surface area (Å²) in [5.74, 6) is 0.973. The van der Waals surface area contributed by atoms with Crippen LogP contribution in [0.25, 0.3) is 0 Å². The predicted octanol–water partition coefficient (Wildman–Crippen LogP) is 1.75. The lowest BCUT2D eigenvalue weighted by atomic mass is 9.77. The third-order valence-corrected chi connectivity index (χ3v) is 3.52.